The first-order chi connectivity index (χ1) is 17.2. The van der Waals surface area contributed by atoms with Crippen LogP contribution in [0.3, 0.4) is 0 Å². The molecule has 1 aliphatic rings. The fraction of sp³-hybridized carbons (Fsp3) is 0.929. The molecule has 0 aromatic carbocycles. The minimum atomic E-state index is -1.87. The van der Waals surface area contributed by atoms with E-state index in [0.29, 0.717) is 10.2 Å². The van der Waals surface area contributed by atoms with Gasteiger partial charge in [-0.2, -0.15) is 0 Å². The lowest BCUT2D eigenvalue weighted by Crippen LogP contribution is -2.57. The maximum Gasteiger partial charge on any atom is 0.231 e. The third kappa shape index (κ3) is 9.12. The van der Waals surface area contributed by atoms with Gasteiger partial charge in [-0.25, -0.2) is 0 Å². The van der Waals surface area contributed by atoms with Gasteiger partial charge in [0.2, 0.25) is 5.91 Å². The molecule has 0 aromatic heterocycles. The lowest BCUT2D eigenvalue weighted by molar-refractivity contribution is -0.134. The van der Waals surface area contributed by atoms with Gasteiger partial charge in [0.25, 0.3) is 0 Å². The largest absolute Gasteiger partial charge is 0.414 e. The van der Waals surface area contributed by atoms with Crippen LogP contribution in [0.2, 0.25) is 36.3 Å². The molecule has 1 rings (SSSR count). The summed E-state index contributed by atoms with van der Waals surface area (Å²) in [7, 11) is -3.72. The summed E-state index contributed by atoms with van der Waals surface area (Å²) in [5, 5.41) is 11.3. The highest BCUT2D eigenvalue weighted by Crippen LogP contribution is 2.38. The van der Waals surface area contributed by atoms with Gasteiger partial charge in [-0.05, 0) is 62.5 Å². The van der Waals surface area contributed by atoms with Crippen molar-refractivity contribution in [3.63, 3.8) is 0 Å². The predicted octanol–water partition coefficient (Wildman–Crippen LogP) is 7.84. The molecule has 9 heteroatoms. The number of hydrogen-bond donors (Lipinski definition) is 1. The van der Waals surface area contributed by atoms with E-state index in [-0.39, 0.29) is 30.4 Å². The molecule has 0 bridgehead atoms. The number of carbonyl (C=O) groups excluding carboxylic acids is 1. The quantitative estimate of drug-likeness (QED) is 0.137. The van der Waals surface area contributed by atoms with Crippen LogP contribution in [0.15, 0.2) is 0 Å². The summed E-state index contributed by atoms with van der Waals surface area (Å²) in [6, 6.07) is 6.28. The van der Waals surface area contributed by atoms with Crippen molar-refractivity contribution in [2.45, 2.75) is 149 Å². The zero-order valence-electron chi connectivity index (χ0n) is 25.7. The van der Waals surface area contributed by atoms with Crippen LogP contribution in [0.5, 0.6) is 0 Å². The molecule has 1 amide bonds. The molecular weight excluding hydrogens is 535 g/mol. The van der Waals surface area contributed by atoms with Gasteiger partial charge in [-0.15, -0.1) is 0 Å². The Morgan fingerprint density at radius 1 is 1.03 bits per heavy atom. The normalized spacial score (nSPS) is 20.0. The number of thiocarbonyl (C=S) groups is 1. The highest BCUT2D eigenvalue weighted by atomic mass is 32.2. The number of hydrogen-bond acceptors (Lipinski definition) is 6. The van der Waals surface area contributed by atoms with Gasteiger partial charge >= 0.3 is 0 Å². The number of carbonyl (C=O) groups is 1. The smallest absolute Gasteiger partial charge is 0.231 e. The molecular formula is C28H57NO4S2Si2. The predicted molar refractivity (Wildman–Crippen MR) is 169 cm³/mol. The van der Waals surface area contributed by atoms with E-state index in [9.17, 15) is 9.90 Å². The molecule has 1 saturated heterocycles. The molecule has 0 unspecified atom stereocenters. The average molecular weight is 592 g/mol. The highest BCUT2D eigenvalue weighted by molar-refractivity contribution is 8.23. The summed E-state index contributed by atoms with van der Waals surface area (Å²) in [5.41, 5.74) is -0.494. The minimum absolute atomic E-state index is 0.0462. The molecule has 0 saturated carbocycles. The van der Waals surface area contributed by atoms with Crippen molar-refractivity contribution in [3.8, 4) is 0 Å². The Kier molecular flexibility index (Phi) is 14.6. The molecule has 1 heterocycles. The van der Waals surface area contributed by atoms with E-state index in [1.165, 1.54) is 0 Å². The van der Waals surface area contributed by atoms with Gasteiger partial charge in [0, 0.05) is 11.7 Å². The van der Waals surface area contributed by atoms with Crippen molar-refractivity contribution >= 4 is 50.8 Å². The van der Waals surface area contributed by atoms with Gasteiger partial charge in [0.05, 0.1) is 30.3 Å². The number of thioether (sulfide) groups is 1. The number of nitrogens with zero attached hydrogens (tertiary/aromatic N) is 1. The van der Waals surface area contributed by atoms with E-state index in [1.54, 1.807) is 16.7 Å². The Hall–Kier alpha value is 0.224. The Bertz CT molecular complexity index is 712. The number of amides is 1. The number of aliphatic hydroxyl groups is 1. The van der Waals surface area contributed by atoms with Crippen LogP contribution in [0, 0.1) is 11.8 Å². The van der Waals surface area contributed by atoms with E-state index in [1.807, 2.05) is 0 Å². The number of rotatable bonds is 17. The lowest BCUT2D eigenvalue weighted by atomic mass is 9.89. The second-order valence-electron chi connectivity index (χ2n) is 12.0. The molecule has 1 N–H and O–H groups in total. The fourth-order valence-electron chi connectivity index (χ4n) is 5.67. The summed E-state index contributed by atoms with van der Waals surface area (Å²) >= 11 is 7.21. The first-order valence-electron chi connectivity index (χ1n) is 14.8. The van der Waals surface area contributed by atoms with E-state index in [0.717, 1.165) is 48.4 Å². The molecule has 0 spiro atoms. The van der Waals surface area contributed by atoms with Crippen LogP contribution in [-0.2, 0) is 13.6 Å². The SMILES string of the molecule is CC[Si](CC)(CC)O[C@H](CC(C)C)[C@H](C)[C@H](O)CC(=O)N1C(=S)SC[C@H]1C(C)(C)O[Si](CC)(CC)CC. The second kappa shape index (κ2) is 15.3. The Morgan fingerprint density at radius 3 is 1.95 bits per heavy atom. The Morgan fingerprint density at radius 2 is 1.51 bits per heavy atom. The van der Waals surface area contributed by atoms with Crippen LogP contribution in [0.1, 0.15) is 89.0 Å². The maximum absolute atomic E-state index is 13.7. The summed E-state index contributed by atoms with van der Waals surface area (Å²) in [6.45, 7) is 24.1. The number of aliphatic hydroxyl groups excluding tert-OH is 1. The first kappa shape index (κ1) is 35.3. The summed E-state index contributed by atoms with van der Waals surface area (Å²) < 4.78 is 14.4. The summed E-state index contributed by atoms with van der Waals surface area (Å²) in [5.74, 6) is 0.968. The average Bonchev–Trinajstić information content (AvgIpc) is 3.27. The molecule has 0 aliphatic carbocycles. The van der Waals surface area contributed by atoms with Crippen molar-refractivity contribution in [3.05, 3.63) is 0 Å². The molecule has 37 heavy (non-hydrogen) atoms. The van der Waals surface area contributed by atoms with Crippen LogP contribution in [0.4, 0.5) is 0 Å². The monoisotopic (exact) mass is 591 g/mol. The van der Waals surface area contributed by atoms with Gasteiger partial charge in [-0.3, -0.25) is 9.69 Å². The maximum atomic E-state index is 13.7. The Labute approximate surface area is 240 Å². The molecule has 4 atom stereocenters. The van der Waals surface area contributed by atoms with Gasteiger partial charge in [0.1, 0.15) is 4.32 Å². The third-order valence-electron chi connectivity index (χ3n) is 8.97. The van der Waals surface area contributed by atoms with E-state index in [2.05, 4.69) is 76.2 Å². The Balaban J connectivity index is 3.10. The van der Waals surface area contributed by atoms with Gasteiger partial charge in [-0.1, -0.05) is 86.3 Å². The summed E-state index contributed by atoms with van der Waals surface area (Å²) in [6.07, 6.45) is 0.126. The zero-order chi connectivity index (χ0) is 28.6. The molecule has 5 nitrogen and oxygen atoms in total. The highest BCUT2D eigenvalue weighted by Gasteiger charge is 2.48. The minimum Gasteiger partial charge on any atom is -0.414 e. The van der Waals surface area contributed by atoms with Crippen molar-refractivity contribution < 1.29 is 18.8 Å². The van der Waals surface area contributed by atoms with E-state index < -0.39 is 28.3 Å². The first-order valence-corrected chi connectivity index (χ1v) is 21.2. The van der Waals surface area contributed by atoms with E-state index >= 15 is 0 Å². The van der Waals surface area contributed by atoms with Crippen LogP contribution in [0.25, 0.3) is 0 Å². The molecule has 1 aliphatic heterocycles. The van der Waals surface area contributed by atoms with Crippen molar-refractivity contribution in [1.82, 2.24) is 4.90 Å². The standard InChI is InChI=1S/C28H57NO4S2Si2/c1-12-36(13-2,14-3)32-24(18-21(7)8)22(9)23(30)19-26(31)29-25(20-35-27(29)34)28(10,11)33-37(15-4,16-5)17-6/h21-25,30H,12-20H2,1-11H3/t22-,23-,24-,25+/m1/s1. The van der Waals surface area contributed by atoms with Gasteiger partial charge < -0.3 is 14.0 Å². The van der Waals surface area contributed by atoms with Crippen LogP contribution in [-0.4, -0.2) is 66.5 Å². The van der Waals surface area contributed by atoms with E-state index in [4.69, 9.17) is 21.1 Å². The lowest BCUT2D eigenvalue weighted by Gasteiger charge is -2.44. The zero-order valence-corrected chi connectivity index (χ0v) is 29.3. The summed E-state index contributed by atoms with van der Waals surface area (Å²) in [4.78, 5) is 15.5. The van der Waals surface area contributed by atoms with Crippen molar-refractivity contribution in [2.24, 2.45) is 11.8 Å². The topological polar surface area (TPSA) is 59.0 Å². The molecule has 1 fully saturated rings. The molecule has 0 radical (unpaired) electrons. The van der Waals surface area contributed by atoms with Crippen molar-refractivity contribution in [1.29, 1.82) is 0 Å². The van der Waals surface area contributed by atoms with Gasteiger partial charge in [0.15, 0.2) is 16.6 Å². The second-order valence-corrected chi connectivity index (χ2v) is 23.0. The molecule has 0 aromatic rings. The third-order valence-corrected chi connectivity index (χ3v) is 19.9. The molecule has 218 valence electrons. The van der Waals surface area contributed by atoms with Crippen LogP contribution < -0.4 is 0 Å². The fourth-order valence-corrected chi connectivity index (χ4v) is 13.5. The van der Waals surface area contributed by atoms with Crippen LogP contribution >= 0.6 is 24.0 Å². The van der Waals surface area contributed by atoms with Crippen molar-refractivity contribution in [2.75, 3.05) is 5.75 Å².